The Morgan fingerprint density at radius 3 is 2.50 bits per heavy atom. The summed E-state index contributed by atoms with van der Waals surface area (Å²) >= 11 is 0. The summed E-state index contributed by atoms with van der Waals surface area (Å²) in [4.78, 5) is 6.51. The topological polar surface area (TPSA) is 88.1 Å². The van der Waals surface area contributed by atoms with Gasteiger partial charge in [-0.25, -0.2) is 8.42 Å². The molecule has 1 N–H and O–H groups in total. The van der Waals surface area contributed by atoms with Gasteiger partial charge in [0.25, 0.3) is 0 Å². The Labute approximate surface area is 154 Å². The Balaban J connectivity index is 1.86. The van der Waals surface area contributed by atoms with E-state index in [4.69, 9.17) is 0 Å². The van der Waals surface area contributed by atoms with E-state index in [2.05, 4.69) is 53.4 Å². The lowest BCUT2D eigenvalue weighted by molar-refractivity contribution is 0.598. The van der Waals surface area contributed by atoms with E-state index in [1.165, 1.54) is 5.56 Å². The minimum Gasteiger partial charge on any atom is -0.338 e. The second kappa shape index (κ2) is 7.19. The van der Waals surface area contributed by atoms with E-state index in [1.54, 1.807) is 6.20 Å². The molecule has 2 aromatic rings. The first-order chi connectivity index (χ1) is 12.3. The zero-order chi connectivity index (χ0) is 18.9. The molecule has 1 aromatic carbocycles. The fourth-order valence-electron chi connectivity index (χ4n) is 3.57. The molecule has 1 aliphatic rings. The third kappa shape index (κ3) is 3.95. The number of sulfone groups is 1. The van der Waals surface area contributed by atoms with Crippen LogP contribution in [-0.2, 0) is 9.84 Å². The van der Waals surface area contributed by atoms with Crippen LogP contribution in [0.15, 0.2) is 18.3 Å². The molecule has 2 heterocycles. The van der Waals surface area contributed by atoms with E-state index in [0.717, 1.165) is 16.8 Å². The lowest BCUT2D eigenvalue weighted by Gasteiger charge is -2.26. The molecule has 1 aromatic heterocycles. The molecule has 140 valence electrons. The zero-order valence-electron chi connectivity index (χ0n) is 15.7. The predicted octanol–water partition coefficient (Wildman–Crippen LogP) is 2.55. The van der Waals surface area contributed by atoms with Crippen LogP contribution < -0.4 is 10.2 Å². The summed E-state index contributed by atoms with van der Waals surface area (Å²) in [7, 11) is -2.97. The van der Waals surface area contributed by atoms with Crippen LogP contribution >= 0.6 is 0 Å². The standard InChI is InChI=1S/C18H25N5O2S/c1-5-23(15-6-7-26(24,25)11-15)18-21-16(10-19-22-18)20-17-13(3)8-12(2)9-14(17)4/h8-10,15H,5-7,11H2,1-4H3,(H,20,21,22). The van der Waals surface area contributed by atoms with Gasteiger partial charge in [0.15, 0.2) is 15.7 Å². The Hall–Kier alpha value is -2.22. The molecular weight excluding hydrogens is 350 g/mol. The largest absolute Gasteiger partial charge is 0.338 e. The maximum Gasteiger partial charge on any atom is 0.247 e. The number of anilines is 3. The molecule has 7 nitrogen and oxygen atoms in total. The molecule has 1 saturated heterocycles. The molecule has 3 rings (SSSR count). The van der Waals surface area contributed by atoms with Gasteiger partial charge in [0.2, 0.25) is 5.95 Å². The van der Waals surface area contributed by atoms with Gasteiger partial charge in [-0.15, -0.1) is 5.10 Å². The molecule has 8 heteroatoms. The third-order valence-corrected chi connectivity index (χ3v) is 6.47. The maximum atomic E-state index is 11.8. The highest BCUT2D eigenvalue weighted by Crippen LogP contribution is 2.26. The van der Waals surface area contributed by atoms with Crippen LogP contribution in [0.3, 0.4) is 0 Å². The first kappa shape index (κ1) is 18.6. The molecule has 1 aliphatic heterocycles. The Morgan fingerprint density at radius 1 is 1.23 bits per heavy atom. The maximum absolute atomic E-state index is 11.8. The van der Waals surface area contributed by atoms with Crippen molar-refractivity contribution >= 4 is 27.3 Å². The lowest BCUT2D eigenvalue weighted by atomic mass is 10.1. The second-order valence-electron chi connectivity index (χ2n) is 6.88. The van der Waals surface area contributed by atoms with Crippen molar-refractivity contribution in [3.63, 3.8) is 0 Å². The number of benzene rings is 1. The molecule has 0 radical (unpaired) electrons. The predicted molar refractivity (Wildman–Crippen MR) is 104 cm³/mol. The highest BCUT2D eigenvalue weighted by molar-refractivity contribution is 7.91. The van der Waals surface area contributed by atoms with E-state index >= 15 is 0 Å². The van der Waals surface area contributed by atoms with Crippen molar-refractivity contribution in [2.75, 3.05) is 28.3 Å². The summed E-state index contributed by atoms with van der Waals surface area (Å²) in [6, 6.07) is 4.14. The summed E-state index contributed by atoms with van der Waals surface area (Å²) in [5.74, 6) is 1.44. The van der Waals surface area contributed by atoms with Crippen LogP contribution in [0.5, 0.6) is 0 Å². The van der Waals surface area contributed by atoms with E-state index in [0.29, 0.717) is 24.7 Å². The van der Waals surface area contributed by atoms with E-state index < -0.39 is 9.84 Å². The average molecular weight is 375 g/mol. The molecule has 0 spiro atoms. The molecule has 0 amide bonds. The van der Waals surface area contributed by atoms with Gasteiger partial charge in [-0.3, -0.25) is 0 Å². The highest BCUT2D eigenvalue weighted by atomic mass is 32.2. The summed E-state index contributed by atoms with van der Waals surface area (Å²) in [6.45, 7) is 8.79. The summed E-state index contributed by atoms with van der Waals surface area (Å²) in [5, 5.41) is 11.5. The van der Waals surface area contributed by atoms with Gasteiger partial charge in [-0.2, -0.15) is 10.1 Å². The summed E-state index contributed by atoms with van der Waals surface area (Å²) < 4.78 is 23.6. The lowest BCUT2D eigenvalue weighted by Crippen LogP contribution is -2.37. The minimum absolute atomic E-state index is 0.0927. The van der Waals surface area contributed by atoms with Crippen LogP contribution in [0.1, 0.15) is 30.0 Å². The normalized spacial score (nSPS) is 18.7. The third-order valence-electron chi connectivity index (χ3n) is 4.72. The van der Waals surface area contributed by atoms with E-state index in [-0.39, 0.29) is 17.5 Å². The SMILES string of the molecule is CCN(c1nncc(Nc2c(C)cc(C)cc2C)n1)C1CCS(=O)(=O)C1. The molecule has 1 atom stereocenters. The molecule has 26 heavy (non-hydrogen) atoms. The Kier molecular flexibility index (Phi) is 5.13. The monoisotopic (exact) mass is 375 g/mol. The van der Waals surface area contributed by atoms with E-state index in [9.17, 15) is 8.42 Å². The number of aryl methyl sites for hydroxylation is 3. The number of nitrogens with zero attached hydrogens (tertiary/aromatic N) is 4. The van der Waals surface area contributed by atoms with Gasteiger partial charge < -0.3 is 10.2 Å². The molecule has 1 fully saturated rings. The van der Waals surface area contributed by atoms with Gasteiger partial charge in [0.05, 0.1) is 17.7 Å². The molecule has 0 saturated carbocycles. The number of hydrogen-bond donors (Lipinski definition) is 1. The van der Waals surface area contributed by atoms with Crippen LogP contribution in [0.25, 0.3) is 0 Å². The van der Waals surface area contributed by atoms with Gasteiger partial charge >= 0.3 is 0 Å². The van der Waals surface area contributed by atoms with Crippen molar-refractivity contribution in [3.05, 3.63) is 35.0 Å². The number of rotatable bonds is 5. The van der Waals surface area contributed by atoms with Crippen LogP contribution in [-0.4, -0.2) is 47.7 Å². The van der Waals surface area contributed by atoms with Gasteiger partial charge in [0.1, 0.15) is 0 Å². The highest BCUT2D eigenvalue weighted by Gasteiger charge is 2.33. The van der Waals surface area contributed by atoms with Crippen molar-refractivity contribution in [2.24, 2.45) is 0 Å². The molecule has 1 unspecified atom stereocenters. The number of aromatic nitrogens is 3. The first-order valence-corrected chi connectivity index (χ1v) is 10.6. The second-order valence-corrected chi connectivity index (χ2v) is 9.11. The van der Waals surface area contributed by atoms with Crippen molar-refractivity contribution in [3.8, 4) is 0 Å². The molecular formula is C18H25N5O2S. The van der Waals surface area contributed by atoms with Crippen LogP contribution in [0, 0.1) is 20.8 Å². The fourth-order valence-corrected chi connectivity index (χ4v) is 5.30. The smallest absolute Gasteiger partial charge is 0.247 e. The van der Waals surface area contributed by atoms with Crippen LogP contribution in [0.4, 0.5) is 17.5 Å². The number of nitrogens with one attached hydrogen (secondary N) is 1. The first-order valence-electron chi connectivity index (χ1n) is 8.80. The Bertz CT molecular complexity index is 891. The zero-order valence-corrected chi connectivity index (χ0v) is 16.5. The van der Waals surface area contributed by atoms with E-state index in [1.807, 2.05) is 11.8 Å². The van der Waals surface area contributed by atoms with Gasteiger partial charge in [-0.05, 0) is 45.2 Å². The fraction of sp³-hybridized carbons (Fsp3) is 0.500. The minimum atomic E-state index is -2.97. The van der Waals surface area contributed by atoms with Crippen LogP contribution in [0.2, 0.25) is 0 Å². The average Bonchev–Trinajstić information content (AvgIpc) is 2.92. The van der Waals surface area contributed by atoms with Crippen molar-refractivity contribution < 1.29 is 8.42 Å². The summed E-state index contributed by atoms with van der Waals surface area (Å²) in [5.41, 5.74) is 4.49. The molecule has 0 aliphatic carbocycles. The quantitative estimate of drug-likeness (QED) is 0.859. The Morgan fingerprint density at radius 2 is 1.92 bits per heavy atom. The van der Waals surface area contributed by atoms with Crippen molar-refractivity contribution in [2.45, 2.75) is 40.2 Å². The number of hydrogen-bond acceptors (Lipinski definition) is 7. The molecule has 0 bridgehead atoms. The van der Waals surface area contributed by atoms with Gasteiger partial charge in [-0.1, -0.05) is 17.7 Å². The van der Waals surface area contributed by atoms with Crippen molar-refractivity contribution in [1.29, 1.82) is 0 Å². The van der Waals surface area contributed by atoms with Crippen molar-refractivity contribution in [1.82, 2.24) is 15.2 Å². The van der Waals surface area contributed by atoms with Gasteiger partial charge in [0, 0.05) is 18.3 Å². The summed E-state index contributed by atoms with van der Waals surface area (Å²) in [6.07, 6.45) is 2.19.